The second-order valence-electron chi connectivity index (χ2n) is 7.04. The van der Waals surface area contributed by atoms with Gasteiger partial charge in [-0.1, -0.05) is 6.07 Å². The van der Waals surface area contributed by atoms with Crippen LogP contribution in [0.2, 0.25) is 0 Å². The van der Waals surface area contributed by atoms with E-state index in [2.05, 4.69) is 25.1 Å². The number of anilines is 2. The van der Waals surface area contributed by atoms with Gasteiger partial charge in [0, 0.05) is 32.2 Å². The van der Waals surface area contributed by atoms with Crippen molar-refractivity contribution in [3.8, 4) is 0 Å². The summed E-state index contributed by atoms with van der Waals surface area (Å²) in [5.41, 5.74) is 2.11. The molecule has 2 aromatic rings. The predicted octanol–water partition coefficient (Wildman–Crippen LogP) is 0.969. The zero-order valence-electron chi connectivity index (χ0n) is 15.9. The maximum absolute atomic E-state index is 11.6. The number of aryl methyl sites for hydroxylation is 1. The Morgan fingerprint density at radius 1 is 1.22 bits per heavy atom. The van der Waals surface area contributed by atoms with Crippen LogP contribution < -0.4 is 15.4 Å². The lowest BCUT2D eigenvalue weighted by atomic mass is 10.00. The number of fused-ring (bicyclic) bond motifs is 1. The summed E-state index contributed by atoms with van der Waals surface area (Å²) in [5.74, 6) is 2.33. The van der Waals surface area contributed by atoms with Crippen molar-refractivity contribution in [1.82, 2.24) is 14.9 Å². The SMILES string of the molecule is Cc1nc(NCCN(C)C)cc(N2CCc3ccc(S(N)(=O)=O)cc3C2)n1. The van der Waals surface area contributed by atoms with Crippen LogP contribution in [0.3, 0.4) is 0 Å². The Balaban J connectivity index is 1.81. The van der Waals surface area contributed by atoms with E-state index in [9.17, 15) is 8.42 Å². The Labute approximate surface area is 160 Å². The highest BCUT2D eigenvalue weighted by molar-refractivity contribution is 7.89. The Bertz CT molecular complexity index is 929. The summed E-state index contributed by atoms with van der Waals surface area (Å²) in [6.45, 7) is 4.98. The van der Waals surface area contributed by atoms with Crippen LogP contribution in [0.4, 0.5) is 11.6 Å². The van der Waals surface area contributed by atoms with Gasteiger partial charge in [0.15, 0.2) is 0 Å². The van der Waals surface area contributed by atoms with Gasteiger partial charge >= 0.3 is 0 Å². The van der Waals surface area contributed by atoms with E-state index in [0.717, 1.165) is 48.8 Å². The number of nitrogens with two attached hydrogens (primary N) is 1. The molecule has 0 aliphatic carbocycles. The van der Waals surface area contributed by atoms with E-state index in [-0.39, 0.29) is 4.90 Å². The molecule has 1 aromatic carbocycles. The molecule has 3 rings (SSSR count). The molecule has 1 aromatic heterocycles. The highest BCUT2D eigenvalue weighted by Gasteiger charge is 2.20. The number of hydrogen-bond acceptors (Lipinski definition) is 7. The Morgan fingerprint density at radius 2 is 2.00 bits per heavy atom. The first-order chi connectivity index (χ1) is 12.7. The third-order valence-corrected chi connectivity index (χ3v) is 5.44. The first-order valence-electron chi connectivity index (χ1n) is 8.86. The lowest BCUT2D eigenvalue weighted by Crippen LogP contribution is -2.31. The summed E-state index contributed by atoms with van der Waals surface area (Å²) in [7, 11) is 0.347. The highest BCUT2D eigenvalue weighted by atomic mass is 32.2. The molecule has 1 aliphatic heterocycles. The van der Waals surface area contributed by atoms with E-state index < -0.39 is 10.0 Å². The van der Waals surface area contributed by atoms with E-state index in [4.69, 9.17) is 5.14 Å². The molecule has 27 heavy (non-hydrogen) atoms. The van der Waals surface area contributed by atoms with Crippen LogP contribution >= 0.6 is 0 Å². The van der Waals surface area contributed by atoms with Gasteiger partial charge in [-0.25, -0.2) is 23.5 Å². The van der Waals surface area contributed by atoms with Gasteiger partial charge in [0.05, 0.1) is 4.90 Å². The Morgan fingerprint density at radius 3 is 2.70 bits per heavy atom. The van der Waals surface area contributed by atoms with Gasteiger partial charge in [0.25, 0.3) is 0 Å². The van der Waals surface area contributed by atoms with Crippen molar-refractivity contribution in [2.24, 2.45) is 5.14 Å². The molecule has 9 heteroatoms. The molecule has 0 atom stereocenters. The van der Waals surface area contributed by atoms with E-state index >= 15 is 0 Å². The first-order valence-corrected chi connectivity index (χ1v) is 10.4. The third-order valence-electron chi connectivity index (χ3n) is 4.53. The molecule has 0 saturated heterocycles. The largest absolute Gasteiger partial charge is 0.369 e. The molecular weight excluding hydrogens is 364 g/mol. The summed E-state index contributed by atoms with van der Waals surface area (Å²) >= 11 is 0. The number of rotatable bonds is 6. The number of nitrogens with zero attached hydrogens (tertiary/aromatic N) is 4. The van der Waals surface area contributed by atoms with Gasteiger partial charge < -0.3 is 15.1 Å². The van der Waals surface area contributed by atoms with Gasteiger partial charge in [0.1, 0.15) is 17.5 Å². The second-order valence-corrected chi connectivity index (χ2v) is 8.60. The van der Waals surface area contributed by atoms with Crippen LogP contribution in [0.1, 0.15) is 17.0 Å². The molecule has 0 amide bonds. The van der Waals surface area contributed by atoms with Gasteiger partial charge in [-0.15, -0.1) is 0 Å². The van der Waals surface area contributed by atoms with Crippen LogP contribution in [-0.4, -0.2) is 57.0 Å². The number of nitrogens with one attached hydrogen (secondary N) is 1. The molecule has 2 heterocycles. The summed E-state index contributed by atoms with van der Waals surface area (Å²) in [4.78, 5) is 13.4. The molecule has 0 unspecified atom stereocenters. The Hall–Kier alpha value is -2.23. The van der Waals surface area contributed by atoms with Crippen molar-refractivity contribution in [1.29, 1.82) is 0 Å². The third kappa shape index (κ3) is 4.94. The fraction of sp³-hybridized carbons (Fsp3) is 0.444. The number of benzene rings is 1. The van der Waals surface area contributed by atoms with Crippen LogP contribution in [0.15, 0.2) is 29.2 Å². The second kappa shape index (κ2) is 7.79. The van der Waals surface area contributed by atoms with Crippen LogP contribution in [0.5, 0.6) is 0 Å². The summed E-state index contributed by atoms with van der Waals surface area (Å²) in [6, 6.07) is 7.04. The van der Waals surface area contributed by atoms with Crippen LogP contribution in [0, 0.1) is 6.92 Å². The highest BCUT2D eigenvalue weighted by Crippen LogP contribution is 2.26. The van der Waals surface area contributed by atoms with E-state index in [0.29, 0.717) is 12.4 Å². The minimum Gasteiger partial charge on any atom is -0.369 e. The van der Waals surface area contributed by atoms with Gasteiger partial charge in [-0.3, -0.25) is 0 Å². The monoisotopic (exact) mass is 390 g/mol. The Kier molecular flexibility index (Phi) is 5.64. The smallest absolute Gasteiger partial charge is 0.238 e. The van der Waals surface area contributed by atoms with Crippen molar-refractivity contribution in [3.05, 3.63) is 41.2 Å². The van der Waals surface area contributed by atoms with Crippen molar-refractivity contribution in [2.45, 2.75) is 24.8 Å². The van der Waals surface area contributed by atoms with E-state index in [1.54, 1.807) is 12.1 Å². The van der Waals surface area contributed by atoms with E-state index in [1.165, 1.54) is 0 Å². The topological polar surface area (TPSA) is 104 Å². The minimum atomic E-state index is -3.71. The number of hydrogen-bond donors (Lipinski definition) is 2. The maximum Gasteiger partial charge on any atom is 0.238 e. The average molecular weight is 391 g/mol. The molecule has 146 valence electrons. The van der Waals surface area contributed by atoms with Crippen molar-refractivity contribution >= 4 is 21.7 Å². The zero-order chi connectivity index (χ0) is 19.6. The molecule has 3 N–H and O–H groups in total. The summed E-state index contributed by atoms with van der Waals surface area (Å²) < 4.78 is 23.3. The molecule has 1 aliphatic rings. The number of aromatic nitrogens is 2. The fourth-order valence-electron chi connectivity index (χ4n) is 3.12. The fourth-order valence-corrected chi connectivity index (χ4v) is 3.68. The minimum absolute atomic E-state index is 0.146. The quantitative estimate of drug-likeness (QED) is 0.757. The molecule has 0 fully saturated rings. The molecular formula is C18H26N6O2S. The first kappa shape index (κ1) is 19.5. The average Bonchev–Trinajstić information content (AvgIpc) is 2.59. The predicted molar refractivity (Wildman–Crippen MR) is 106 cm³/mol. The van der Waals surface area contributed by atoms with Gasteiger partial charge in [0.2, 0.25) is 10.0 Å². The number of likely N-dealkylation sites (N-methyl/N-ethyl adjacent to an activating group) is 1. The molecule has 0 spiro atoms. The normalized spacial score (nSPS) is 14.3. The zero-order valence-corrected chi connectivity index (χ0v) is 16.8. The lowest BCUT2D eigenvalue weighted by molar-refractivity contribution is 0.425. The van der Waals surface area contributed by atoms with Crippen LogP contribution in [-0.2, 0) is 23.0 Å². The molecule has 8 nitrogen and oxygen atoms in total. The summed E-state index contributed by atoms with van der Waals surface area (Å²) in [5, 5.41) is 8.60. The van der Waals surface area contributed by atoms with Gasteiger partial charge in [-0.05, 0) is 50.7 Å². The van der Waals surface area contributed by atoms with E-state index in [1.807, 2.05) is 33.2 Å². The van der Waals surface area contributed by atoms with Crippen LogP contribution in [0.25, 0.3) is 0 Å². The molecule has 0 saturated carbocycles. The van der Waals surface area contributed by atoms with Crippen molar-refractivity contribution in [2.75, 3.05) is 43.9 Å². The molecule has 0 radical (unpaired) electrons. The van der Waals surface area contributed by atoms with Crippen molar-refractivity contribution in [3.63, 3.8) is 0 Å². The standard InChI is InChI=1S/C18H26N6O2S/c1-13-21-17(20-7-9-23(2)3)11-18(22-13)24-8-6-14-4-5-16(27(19,25)26)10-15(14)12-24/h4-5,10-11H,6-9,12H2,1-3H3,(H2,19,25,26)(H,20,21,22). The number of sulfonamides is 1. The van der Waals surface area contributed by atoms with Crippen molar-refractivity contribution < 1.29 is 8.42 Å². The van der Waals surface area contributed by atoms with Gasteiger partial charge in [-0.2, -0.15) is 0 Å². The maximum atomic E-state index is 11.6. The lowest BCUT2D eigenvalue weighted by Gasteiger charge is -2.30. The summed E-state index contributed by atoms with van der Waals surface area (Å²) in [6.07, 6.45) is 0.826. The number of primary sulfonamides is 1. The molecule has 0 bridgehead atoms.